The predicted octanol–water partition coefficient (Wildman–Crippen LogP) is 5.11. The van der Waals surface area contributed by atoms with Crippen LogP contribution in [-0.2, 0) is 13.1 Å². The zero-order chi connectivity index (χ0) is 21.5. The van der Waals surface area contributed by atoms with Crippen molar-refractivity contribution >= 4 is 23.0 Å². The maximum Gasteiger partial charge on any atom is 0.173 e. The van der Waals surface area contributed by atoms with Crippen molar-refractivity contribution < 1.29 is 4.74 Å². The Bertz CT molecular complexity index is 962. The molecular formula is C24H30N4OS. The van der Waals surface area contributed by atoms with E-state index in [4.69, 9.17) is 17.0 Å². The van der Waals surface area contributed by atoms with Crippen molar-refractivity contribution in [3.05, 3.63) is 77.4 Å². The second-order valence-corrected chi connectivity index (χ2v) is 7.98. The summed E-state index contributed by atoms with van der Waals surface area (Å²) in [5, 5.41) is 4.23. The molecule has 0 unspecified atom stereocenters. The second-order valence-electron chi connectivity index (χ2n) is 7.59. The fourth-order valence-corrected chi connectivity index (χ4v) is 3.98. The molecule has 0 spiro atoms. The number of nitrogens with zero attached hydrogens (tertiary/aromatic N) is 3. The summed E-state index contributed by atoms with van der Waals surface area (Å²) in [4.78, 5) is 6.33. The Labute approximate surface area is 184 Å². The van der Waals surface area contributed by atoms with Crippen LogP contribution in [0, 0.1) is 20.8 Å². The Balaban J connectivity index is 1.77. The number of anilines is 1. The summed E-state index contributed by atoms with van der Waals surface area (Å²) >= 11 is 5.86. The number of hydrogen-bond donors (Lipinski definition) is 1. The van der Waals surface area contributed by atoms with Crippen molar-refractivity contribution in [1.82, 2.24) is 14.5 Å². The maximum atomic E-state index is 5.86. The van der Waals surface area contributed by atoms with Gasteiger partial charge in [-0.3, -0.25) is 0 Å². The zero-order valence-corrected chi connectivity index (χ0v) is 19.0. The van der Waals surface area contributed by atoms with Crippen LogP contribution in [0.1, 0.15) is 28.7 Å². The molecule has 1 aromatic heterocycles. The number of para-hydroxylation sites is 1. The van der Waals surface area contributed by atoms with E-state index in [0.29, 0.717) is 6.54 Å². The molecule has 6 heteroatoms. The van der Waals surface area contributed by atoms with Crippen molar-refractivity contribution in [2.45, 2.75) is 40.3 Å². The average Bonchev–Trinajstić information content (AvgIpc) is 3.23. The van der Waals surface area contributed by atoms with Gasteiger partial charge >= 0.3 is 0 Å². The molecule has 30 heavy (non-hydrogen) atoms. The van der Waals surface area contributed by atoms with Crippen LogP contribution in [-0.4, -0.2) is 33.2 Å². The third kappa shape index (κ3) is 5.60. The molecule has 0 atom stereocenters. The summed E-state index contributed by atoms with van der Waals surface area (Å²) in [5.41, 5.74) is 5.86. The molecule has 0 radical (unpaired) electrons. The highest BCUT2D eigenvalue weighted by molar-refractivity contribution is 7.80. The SMILES string of the molecule is COc1ccccc1CN(CCCn1ccnc1)C(=S)Nc1c(C)cc(C)cc1C. The molecule has 3 aromatic rings. The average molecular weight is 423 g/mol. The Hall–Kier alpha value is -2.86. The lowest BCUT2D eigenvalue weighted by molar-refractivity contribution is 0.372. The molecule has 2 aromatic carbocycles. The smallest absolute Gasteiger partial charge is 0.173 e. The number of nitrogens with one attached hydrogen (secondary N) is 1. The van der Waals surface area contributed by atoms with E-state index in [0.717, 1.165) is 41.6 Å². The molecule has 3 rings (SSSR count). The third-order valence-corrected chi connectivity index (χ3v) is 5.51. The lowest BCUT2D eigenvalue weighted by Gasteiger charge is -2.28. The Morgan fingerprint density at radius 2 is 1.90 bits per heavy atom. The van der Waals surface area contributed by atoms with Gasteiger partial charge in [-0.25, -0.2) is 4.98 Å². The number of methoxy groups -OCH3 is 1. The van der Waals surface area contributed by atoms with Gasteiger partial charge in [0.05, 0.1) is 13.4 Å². The highest BCUT2D eigenvalue weighted by Gasteiger charge is 2.15. The summed E-state index contributed by atoms with van der Waals surface area (Å²) in [5.74, 6) is 0.877. The normalized spacial score (nSPS) is 10.7. The highest BCUT2D eigenvalue weighted by atomic mass is 32.1. The van der Waals surface area contributed by atoms with Crippen molar-refractivity contribution in [3.63, 3.8) is 0 Å². The van der Waals surface area contributed by atoms with Gasteiger partial charge < -0.3 is 19.5 Å². The number of aryl methyl sites for hydroxylation is 4. The van der Waals surface area contributed by atoms with Gasteiger partial charge in [-0.15, -0.1) is 0 Å². The number of aromatic nitrogens is 2. The van der Waals surface area contributed by atoms with Crippen LogP contribution in [0.3, 0.4) is 0 Å². The standard InChI is InChI=1S/C24H30N4OS/c1-18-14-19(2)23(20(3)15-18)26-24(30)28(12-7-11-27-13-10-25-17-27)16-21-8-5-6-9-22(21)29-4/h5-6,8-10,13-15,17H,7,11-12,16H2,1-4H3,(H,26,30). The van der Waals surface area contributed by atoms with Crippen LogP contribution in [0.15, 0.2) is 55.1 Å². The molecule has 0 saturated heterocycles. The monoisotopic (exact) mass is 422 g/mol. The first kappa shape index (κ1) is 21.8. The molecule has 0 amide bonds. The lowest BCUT2D eigenvalue weighted by Crippen LogP contribution is -2.36. The van der Waals surface area contributed by atoms with Gasteiger partial charge in [-0.2, -0.15) is 0 Å². The molecule has 1 heterocycles. The van der Waals surface area contributed by atoms with E-state index in [1.54, 1.807) is 7.11 Å². The molecule has 1 N–H and O–H groups in total. The molecule has 5 nitrogen and oxygen atoms in total. The quantitative estimate of drug-likeness (QED) is 0.511. The van der Waals surface area contributed by atoms with Crippen molar-refractivity contribution in [2.75, 3.05) is 19.0 Å². The van der Waals surface area contributed by atoms with Gasteiger partial charge in [-0.05, 0) is 56.6 Å². The Kier molecular flexibility index (Phi) is 7.46. The van der Waals surface area contributed by atoms with Gasteiger partial charge in [0.1, 0.15) is 5.75 Å². The van der Waals surface area contributed by atoms with Crippen LogP contribution in [0.4, 0.5) is 5.69 Å². The van der Waals surface area contributed by atoms with E-state index < -0.39 is 0 Å². The number of imidazole rings is 1. The summed E-state index contributed by atoms with van der Waals surface area (Å²) < 4.78 is 7.65. The number of ether oxygens (including phenoxy) is 1. The van der Waals surface area contributed by atoms with Crippen LogP contribution in [0.25, 0.3) is 0 Å². The minimum absolute atomic E-state index is 0.684. The fourth-order valence-electron chi connectivity index (χ4n) is 3.72. The molecule has 0 aliphatic rings. The van der Waals surface area contributed by atoms with Gasteiger partial charge in [0.15, 0.2) is 5.11 Å². The third-order valence-electron chi connectivity index (χ3n) is 5.15. The topological polar surface area (TPSA) is 42.3 Å². The fraction of sp³-hybridized carbons (Fsp3) is 0.333. The van der Waals surface area contributed by atoms with Gasteiger partial charge in [-0.1, -0.05) is 35.9 Å². The molecule has 0 aliphatic carbocycles. The lowest BCUT2D eigenvalue weighted by atomic mass is 10.1. The predicted molar refractivity (Wildman–Crippen MR) is 127 cm³/mol. The van der Waals surface area contributed by atoms with Crippen molar-refractivity contribution in [2.24, 2.45) is 0 Å². The van der Waals surface area contributed by atoms with Crippen molar-refractivity contribution in [3.8, 4) is 5.75 Å². The van der Waals surface area contributed by atoms with Crippen LogP contribution < -0.4 is 10.1 Å². The van der Waals surface area contributed by atoms with E-state index >= 15 is 0 Å². The van der Waals surface area contributed by atoms with E-state index in [9.17, 15) is 0 Å². The Morgan fingerprint density at radius 3 is 2.57 bits per heavy atom. The first-order valence-electron chi connectivity index (χ1n) is 10.2. The van der Waals surface area contributed by atoms with Gasteiger partial charge in [0.25, 0.3) is 0 Å². The summed E-state index contributed by atoms with van der Waals surface area (Å²) in [6, 6.07) is 12.5. The van der Waals surface area contributed by atoms with Crippen LogP contribution in [0.5, 0.6) is 5.75 Å². The van der Waals surface area contributed by atoms with E-state index in [1.807, 2.05) is 36.9 Å². The highest BCUT2D eigenvalue weighted by Crippen LogP contribution is 2.24. The number of benzene rings is 2. The van der Waals surface area contributed by atoms with Gasteiger partial charge in [0.2, 0.25) is 0 Å². The van der Waals surface area contributed by atoms with E-state index in [1.165, 1.54) is 16.7 Å². The van der Waals surface area contributed by atoms with E-state index in [2.05, 4.69) is 58.7 Å². The van der Waals surface area contributed by atoms with Gasteiger partial charge in [0, 0.05) is 43.3 Å². The first-order chi connectivity index (χ1) is 14.5. The minimum atomic E-state index is 0.684. The largest absolute Gasteiger partial charge is 0.496 e. The first-order valence-corrected chi connectivity index (χ1v) is 10.6. The molecule has 0 saturated carbocycles. The van der Waals surface area contributed by atoms with Crippen LogP contribution >= 0.6 is 12.2 Å². The van der Waals surface area contributed by atoms with Crippen LogP contribution in [0.2, 0.25) is 0 Å². The molecule has 0 aliphatic heterocycles. The summed E-state index contributed by atoms with van der Waals surface area (Å²) in [7, 11) is 1.71. The number of rotatable bonds is 8. The summed E-state index contributed by atoms with van der Waals surface area (Å²) in [6.45, 7) is 8.76. The molecular weight excluding hydrogens is 392 g/mol. The number of hydrogen-bond acceptors (Lipinski definition) is 3. The molecule has 0 fully saturated rings. The Morgan fingerprint density at radius 1 is 1.17 bits per heavy atom. The second kappa shape index (κ2) is 10.3. The van der Waals surface area contributed by atoms with Crippen molar-refractivity contribution in [1.29, 1.82) is 0 Å². The minimum Gasteiger partial charge on any atom is -0.496 e. The number of thiocarbonyl (C=S) groups is 1. The zero-order valence-electron chi connectivity index (χ0n) is 18.2. The maximum absolute atomic E-state index is 5.86. The molecule has 0 bridgehead atoms. The molecule has 158 valence electrons. The summed E-state index contributed by atoms with van der Waals surface area (Å²) in [6.07, 6.45) is 6.60. The van der Waals surface area contributed by atoms with E-state index in [-0.39, 0.29) is 0 Å².